The van der Waals surface area contributed by atoms with Crippen molar-refractivity contribution < 1.29 is 5.11 Å². The van der Waals surface area contributed by atoms with Gasteiger partial charge in [0.25, 0.3) is 0 Å². The first kappa shape index (κ1) is 24.0. The maximum absolute atomic E-state index is 12.7. The molecule has 2 unspecified atom stereocenters. The van der Waals surface area contributed by atoms with Gasteiger partial charge in [0.05, 0.1) is 18.2 Å². The van der Waals surface area contributed by atoms with E-state index < -0.39 is 5.60 Å². The van der Waals surface area contributed by atoms with Crippen molar-refractivity contribution in [3.8, 4) is 11.1 Å². The molecule has 1 aliphatic rings. The maximum atomic E-state index is 12.7. The van der Waals surface area contributed by atoms with Crippen LogP contribution in [0.5, 0.6) is 0 Å². The van der Waals surface area contributed by atoms with Gasteiger partial charge in [-0.2, -0.15) is 0 Å². The number of aromatic amines is 1. The Kier molecular flexibility index (Phi) is 5.95. The SMILES string of the molecule is Cn1cncc1C(O)(c1ccc(Cl)cc1)C(c1ccc2[nH]c(=O)cc(-c3cccc(Cl)c3)c2c1)C1CC1. The summed E-state index contributed by atoms with van der Waals surface area (Å²) in [6.45, 7) is 0. The van der Waals surface area contributed by atoms with Gasteiger partial charge in [-0.05, 0) is 77.4 Å². The third kappa shape index (κ3) is 4.27. The molecule has 0 saturated heterocycles. The minimum Gasteiger partial charge on any atom is -0.378 e. The third-order valence-corrected chi connectivity index (χ3v) is 7.88. The van der Waals surface area contributed by atoms with Crippen LogP contribution in [0.15, 0.2) is 90.1 Å². The van der Waals surface area contributed by atoms with E-state index >= 15 is 0 Å². The molecule has 0 radical (unpaired) electrons. The van der Waals surface area contributed by atoms with E-state index in [1.807, 2.05) is 72.3 Å². The van der Waals surface area contributed by atoms with Gasteiger partial charge in [-0.25, -0.2) is 4.98 Å². The molecular formula is C30H25Cl2N3O2. The van der Waals surface area contributed by atoms with E-state index in [1.54, 1.807) is 18.6 Å². The van der Waals surface area contributed by atoms with Crippen molar-refractivity contribution >= 4 is 34.1 Å². The van der Waals surface area contributed by atoms with Gasteiger partial charge in [-0.3, -0.25) is 4.79 Å². The molecule has 1 fully saturated rings. The van der Waals surface area contributed by atoms with E-state index in [-0.39, 0.29) is 17.4 Å². The topological polar surface area (TPSA) is 70.9 Å². The second-order valence-electron chi connectivity index (χ2n) is 9.84. The number of benzene rings is 3. The highest BCUT2D eigenvalue weighted by Gasteiger charge is 2.50. The molecule has 2 heterocycles. The summed E-state index contributed by atoms with van der Waals surface area (Å²) in [5.74, 6) is 0.0398. The van der Waals surface area contributed by atoms with Crippen molar-refractivity contribution in [3.63, 3.8) is 0 Å². The van der Waals surface area contributed by atoms with Crippen LogP contribution in [-0.4, -0.2) is 19.6 Å². The molecule has 5 nitrogen and oxygen atoms in total. The van der Waals surface area contributed by atoms with Crippen molar-refractivity contribution in [1.29, 1.82) is 0 Å². The summed E-state index contributed by atoms with van der Waals surface area (Å²) >= 11 is 12.5. The van der Waals surface area contributed by atoms with Gasteiger partial charge in [0, 0.05) is 40.0 Å². The first-order chi connectivity index (χ1) is 17.8. The molecule has 2 aromatic heterocycles. The molecule has 37 heavy (non-hydrogen) atoms. The Morgan fingerprint density at radius 3 is 2.49 bits per heavy atom. The summed E-state index contributed by atoms with van der Waals surface area (Å²) in [5, 5.41) is 14.8. The average Bonchev–Trinajstić information content (AvgIpc) is 3.62. The van der Waals surface area contributed by atoms with Crippen LogP contribution in [-0.2, 0) is 12.6 Å². The third-order valence-electron chi connectivity index (χ3n) is 7.40. The lowest BCUT2D eigenvalue weighted by molar-refractivity contribution is 0.0341. The minimum atomic E-state index is -1.34. The Hall–Kier alpha value is -3.38. The molecule has 186 valence electrons. The molecule has 0 aliphatic heterocycles. The molecule has 5 aromatic rings. The fourth-order valence-corrected chi connectivity index (χ4v) is 5.88. The lowest BCUT2D eigenvalue weighted by Gasteiger charge is -2.38. The number of hydrogen-bond donors (Lipinski definition) is 2. The fourth-order valence-electron chi connectivity index (χ4n) is 5.56. The Labute approximate surface area is 224 Å². The van der Waals surface area contributed by atoms with Crippen molar-refractivity contribution in [3.05, 3.63) is 123 Å². The monoisotopic (exact) mass is 529 g/mol. The van der Waals surface area contributed by atoms with Crippen LogP contribution in [0.1, 0.15) is 35.6 Å². The van der Waals surface area contributed by atoms with Crippen LogP contribution >= 0.6 is 23.2 Å². The number of halogens is 2. The molecule has 1 saturated carbocycles. The molecule has 7 heteroatoms. The fraction of sp³-hybridized carbons (Fsp3) is 0.200. The van der Waals surface area contributed by atoms with Crippen LogP contribution in [0.3, 0.4) is 0 Å². The summed E-state index contributed by atoms with van der Waals surface area (Å²) in [7, 11) is 1.90. The van der Waals surface area contributed by atoms with Crippen molar-refractivity contribution in [2.24, 2.45) is 13.0 Å². The number of hydrogen-bond acceptors (Lipinski definition) is 3. The van der Waals surface area contributed by atoms with Gasteiger partial charge < -0.3 is 14.7 Å². The lowest BCUT2D eigenvalue weighted by atomic mass is 9.72. The Bertz CT molecular complexity index is 1670. The second-order valence-corrected chi connectivity index (χ2v) is 10.7. The summed E-state index contributed by atoms with van der Waals surface area (Å²) in [6, 6.07) is 22.6. The maximum Gasteiger partial charge on any atom is 0.249 e. The van der Waals surface area contributed by atoms with Gasteiger partial charge in [-0.15, -0.1) is 0 Å². The van der Waals surface area contributed by atoms with Gasteiger partial charge in [0.2, 0.25) is 5.56 Å². The zero-order valence-corrected chi connectivity index (χ0v) is 21.7. The highest BCUT2D eigenvalue weighted by atomic mass is 35.5. The molecular weight excluding hydrogens is 505 g/mol. The Balaban J connectivity index is 1.59. The minimum absolute atomic E-state index is 0.179. The molecule has 0 spiro atoms. The molecule has 6 rings (SSSR count). The van der Waals surface area contributed by atoms with E-state index in [0.717, 1.165) is 46.0 Å². The standard InChI is InChI=1S/C30H25Cl2N3O2/c1-35-17-33-16-27(35)30(37,21-8-10-22(31)11-9-21)29(18-5-6-18)20-7-12-26-25(14-20)24(15-28(36)34-26)19-3-2-4-23(32)13-19/h2-4,7-18,29,37H,5-6H2,1H3,(H,34,36). The molecule has 0 amide bonds. The summed E-state index contributed by atoms with van der Waals surface area (Å²) in [4.78, 5) is 19.8. The number of nitrogens with zero attached hydrogens (tertiary/aromatic N) is 2. The highest BCUT2D eigenvalue weighted by molar-refractivity contribution is 6.31. The van der Waals surface area contributed by atoms with Gasteiger partial charge in [0.1, 0.15) is 5.60 Å². The number of aryl methyl sites for hydroxylation is 1. The van der Waals surface area contributed by atoms with E-state index in [0.29, 0.717) is 15.7 Å². The van der Waals surface area contributed by atoms with Crippen LogP contribution in [0.25, 0.3) is 22.0 Å². The quantitative estimate of drug-likeness (QED) is 0.258. The number of aromatic nitrogens is 3. The van der Waals surface area contributed by atoms with E-state index in [2.05, 4.69) is 16.0 Å². The molecule has 2 atom stereocenters. The van der Waals surface area contributed by atoms with E-state index in [9.17, 15) is 9.90 Å². The highest BCUT2D eigenvalue weighted by Crippen LogP contribution is 2.54. The zero-order valence-electron chi connectivity index (χ0n) is 20.2. The first-order valence-electron chi connectivity index (χ1n) is 12.2. The lowest BCUT2D eigenvalue weighted by Crippen LogP contribution is -2.38. The number of rotatable bonds is 6. The summed E-state index contributed by atoms with van der Waals surface area (Å²) in [5.41, 5.74) is 3.33. The van der Waals surface area contributed by atoms with Crippen LogP contribution in [0, 0.1) is 5.92 Å². The van der Waals surface area contributed by atoms with Gasteiger partial charge in [-0.1, -0.05) is 53.5 Å². The molecule has 3 aromatic carbocycles. The predicted octanol–water partition coefficient (Wildman–Crippen LogP) is 6.67. The largest absolute Gasteiger partial charge is 0.378 e. The summed E-state index contributed by atoms with van der Waals surface area (Å²) < 4.78 is 1.87. The van der Waals surface area contributed by atoms with Crippen LogP contribution in [0.2, 0.25) is 10.0 Å². The normalized spacial score (nSPS) is 16.0. The number of fused-ring (bicyclic) bond motifs is 1. The molecule has 1 aliphatic carbocycles. The van der Waals surface area contributed by atoms with Crippen LogP contribution < -0.4 is 5.56 Å². The number of nitrogens with one attached hydrogen (secondary N) is 1. The van der Waals surface area contributed by atoms with Crippen LogP contribution in [0.4, 0.5) is 0 Å². The number of aliphatic hydroxyl groups is 1. The van der Waals surface area contributed by atoms with Crippen molar-refractivity contribution in [1.82, 2.24) is 14.5 Å². The van der Waals surface area contributed by atoms with E-state index in [4.69, 9.17) is 23.2 Å². The Morgan fingerprint density at radius 1 is 1.03 bits per heavy atom. The Morgan fingerprint density at radius 2 is 1.81 bits per heavy atom. The summed E-state index contributed by atoms with van der Waals surface area (Å²) in [6.07, 6.45) is 5.48. The van der Waals surface area contributed by atoms with Crippen molar-refractivity contribution in [2.45, 2.75) is 24.4 Å². The first-order valence-corrected chi connectivity index (χ1v) is 13.0. The smallest absolute Gasteiger partial charge is 0.249 e. The van der Waals surface area contributed by atoms with Gasteiger partial charge >= 0.3 is 0 Å². The van der Waals surface area contributed by atoms with E-state index in [1.165, 1.54) is 0 Å². The predicted molar refractivity (Wildman–Crippen MR) is 148 cm³/mol. The molecule has 2 N–H and O–H groups in total. The number of H-pyrrole nitrogens is 1. The number of imidazole rings is 1. The molecule has 0 bridgehead atoms. The van der Waals surface area contributed by atoms with Gasteiger partial charge in [0.15, 0.2) is 0 Å². The average molecular weight is 530 g/mol. The second kappa shape index (κ2) is 9.18. The van der Waals surface area contributed by atoms with Crippen molar-refractivity contribution in [2.75, 3.05) is 0 Å². The zero-order chi connectivity index (χ0) is 25.7. The number of pyridine rings is 1.